The number of carbonyl (C=O) groups is 1. The van der Waals surface area contributed by atoms with Gasteiger partial charge in [-0.15, -0.1) is 0 Å². The normalized spacial score (nSPS) is 11.5. The summed E-state index contributed by atoms with van der Waals surface area (Å²) in [5.74, 6) is 0.148. The molecule has 214 valence electrons. The SMILES string of the molecule is COc1ccc(N(CC(=O)N/N=C\c2cc(C)n(-c3cc(C)cc(C)c3)c2C)S(=O)(=O)c2ccccc2)cc1OC. The summed E-state index contributed by atoms with van der Waals surface area (Å²) in [4.78, 5) is 13.1. The van der Waals surface area contributed by atoms with Crippen LogP contribution in [0.2, 0.25) is 0 Å². The van der Waals surface area contributed by atoms with Gasteiger partial charge < -0.3 is 14.0 Å². The number of carbonyl (C=O) groups excluding carboxylic acids is 1. The van der Waals surface area contributed by atoms with Gasteiger partial charge in [0.1, 0.15) is 6.54 Å². The highest BCUT2D eigenvalue weighted by atomic mass is 32.2. The number of aryl methyl sites for hydroxylation is 3. The lowest BCUT2D eigenvalue weighted by molar-refractivity contribution is -0.119. The number of ether oxygens (including phenoxy) is 2. The zero-order valence-electron chi connectivity index (χ0n) is 24.0. The maximum atomic E-state index is 13.6. The summed E-state index contributed by atoms with van der Waals surface area (Å²) in [5.41, 5.74) is 8.92. The second kappa shape index (κ2) is 12.3. The van der Waals surface area contributed by atoms with Gasteiger partial charge in [-0.05, 0) is 81.3 Å². The summed E-state index contributed by atoms with van der Waals surface area (Å²) in [5, 5.41) is 4.14. The number of nitrogens with zero attached hydrogens (tertiary/aromatic N) is 3. The van der Waals surface area contributed by atoms with Gasteiger partial charge in [-0.25, -0.2) is 13.8 Å². The zero-order chi connectivity index (χ0) is 29.7. The number of rotatable bonds is 10. The molecule has 1 heterocycles. The van der Waals surface area contributed by atoms with Crippen LogP contribution >= 0.6 is 0 Å². The molecule has 4 rings (SSSR count). The van der Waals surface area contributed by atoms with E-state index < -0.39 is 22.5 Å². The summed E-state index contributed by atoms with van der Waals surface area (Å²) >= 11 is 0. The Morgan fingerprint density at radius 3 is 2.20 bits per heavy atom. The number of hydrogen-bond donors (Lipinski definition) is 1. The van der Waals surface area contributed by atoms with Gasteiger partial charge in [-0.1, -0.05) is 24.3 Å². The Bertz CT molecular complexity index is 1670. The van der Waals surface area contributed by atoms with Crippen LogP contribution in [0.15, 0.2) is 82.8 Å². The van der Waals surface area contributed by atoms with Crippen LogP contribution in [0.1, 0.15) is 28.1 Å². The lowest BCUT2D eigenvalue weighted by atomic mass is 10.1. The molecule has 0 saturated carbocycles. The minimum absolute atomic E-state index is 0.0462. The topological polar surface area (TPSA) is 102 Å². The number of methoxy groups -OCH3 is 2. The third-order valence-electron chi connectivity index (χ3n) is 6.60. The molecule has 0 bridgehead atoms. The fourth-order valence-corrected chi connectivity index (χ4v) is 6.18. The van der Waals surface area contributed by atoms with Crippen molar-refractivity contribution < 1.29 is 22.7 Å². The number of hydrogen-bond acceptors (Lipinski definition) is 6. The van der Waals surface area contributed by atoms with E-state index in [1.165, 1.54) is 43.5 Å². The second-order valence-corrected chi connectivity index (χ2v) is 11.5. The molecule has 4 aromatic rings. The Kier molecular flexibility index (Phi) is 8.83. The molecule has 3 aromatic carbocycles. The van der Waals surface area contributed by atoms with Crippen molar-refractivity contribution >= 4 is 27.8 Å². The molecule has 0 aliphatic rings. The molecule has 0 radical (unpaired) electrons. The molecule has 0 saturated heterocycles. The highest BCUT2D eigenvalue weighted by Gasteiger charge is 2.28. The van der Waals surface area contributed by atoms with E-state index in [1.54, 1.807) is 36.5 Å². The maximum absolute atomic E-state index is 13.6. The van der Waals surface area contributed by atoms with Gasteiger partial charge in [-0.2, -0.15) is 5.10 Å². The van der Waals surface area contributed by atoms with E-state index in [1.807, 2.05) is 19.9 Å². The smallest absolute Gasteiger partial charge is 0.264 e. The molecular formula is C31H34N4O5S. The summed E-state index contributed by atoms with van der Waals surface area (Å²) in [7, 11) is -1.16. The largest absolute Gasteiger partial charge is 0.493 e. The Morgan fingerprint density at radius 2 is 1.56 bits per heavy atom. The van der Waals surface area contributed by atoms with Gasteiger partial charge in [0.2, 0.25) is 0 Å². The number of benzene rings is 3. The van der Waals surface area contributed by atoms with Crippen molar-refractivity contribution in [3.8, 4) is 17.2 Å². The summed E-state index contributed by atoms with van der Waals surface area (Å²) in [6.07, 6.45) is 1.56. The first-order chi connectivity index (χ1) is 19.5. The molecule has 1 amide bonds. The maximum Gasteiger partial charge on any atom is 0.264 e. The number of nitrogens with one attached hydrogen (secondary N) is 1. The van der Waals surface area contributed by atoms with E-state index in [4.69, 9.17) is 9.47 Å². The Hall–Kier alpha value is -4.57. The Balaban J connectivity index is 1.59. The third kappa shape index (κ3) is 6.44. The van der Waals surface area contributed by atoms with Crippen molar-refractivity contribution in [3.05, 3.63) is 101 Å². The zero-order valence-corrected chi connectivity index (χ0v) is 24.8. The summed E-state index contributed by atoms with van der Waals surface area (Å²) < 4.78 is 41.0. The predicted molar refractivity (Wildman–Crippen MR) is 161 cm³/mol. The van der Waals surface area contributed by atoms with Gasteiger partial charge in [0.25, 0.3) is 15.9 Å². The van der Waals surface area contributed by atoms with Crippen LogP contribution in [0.5, 0.6) is 11.5 Å². The van der Waals surface area contributed by atoms with Crippen LogP contribution in [0, 0.1) is 27.7 Å². The fourth-order valence-electron chi connectivity index (χ4n) is 4.75. The molecular weight excluding hydrogens is 540 g/mol. The Labute approximate surface area is 241 Å². The first kappa shape index (κ1) is 29.4. The van der Waals surface area contributed by atoms with Crippen molar-refractivity contribution in [2.45, 2.75) is 32.6 Å². The van der Waals surface area contributed by atoms with Crippen molar-refractivity contribution in [2.24, 2.45) is 5.10 Å². The number of hydrazone groups is 1. The molecule has 9 nitrogen and oxygen atoms in total. The lowest BCUT2D eigenvalue weighted by Gasteiger charge is -2.24. The lowest BCUT2D eigenvalue weighted by Crippen LogP contribution is -2.39. The standard InChI is InChI=1S/C31H34N4O5S/c1-21-14-22(2)16-27(15-21)35-23(3)17-25(24(35)4)19-32-33-31(36)20-34(41(37,38)28-10-8-7-9-11-28)26-12-13-29(39-5)30(18-26)40-6/h7-19H,20H2,1-6H3,(H,33,36)/b32-19-. The van der Waals surface area contributed by atoms with Crippen LogP contribution in [0.3, 0.4) is 0 Å². The molecule has 41 heavy (non-hydrogen) atoms. The van der Waals surface area contributed by atoms with Crippen molar-refractivity contribution in [3.63, 3.8) is 0 Å². The molecule has 0 atom stereocenters. The monoisotopic (exact) mass is 574 g/mol. The molecule has 0 fully saturated rings. The highest BCUT2D eigenvalue weighted by molar-refractivity contribution is 7.92. The van der Waals surface area contributed by atoms with Crippen LogP contribution < -0.4 is 19.2 Å². The first-order valence-electron chi connectivity index (χ1n) is 12.9. The molecule has 0 aliphatic carbocycles. The van der Waals surface area contributed by atoms with Gasteiger partial charge >= 0.3 is 0 Å². The van der Waals surface area contributed by atoms with Crippen LogP contribution in [-0.4, -0.2) is 45.9 Å². The molecule has 1 aromatic heterocycles. The quantitative estimate of drug-likeness (QED) is 0.210. The molecule has 0 spiro atoms. The average molecular weight is 575 g/mol. The number of aromatic nitrogens is 1. The minimum Gasteiger partial charge on any atom is -0.493 e. The molecule has 1 N–H and O–H groups in total. The van der Waals surface area contributed by atoms with E-state index in [0.29, 0.717) is 11.5 Å². The van der Waals surface area contributed by atoms with Crippen molar-refractivity contribution in [1.29, 1.82) is 0 Å². The van der Waals surface area contributed by atoms with Crippen LogP contribution in [-0.2, 0) is 14.8 Å². The second-order valence-electron chi connectivity index (χ2n) is 9.66. The van der Waals surface area contributed by atoms with E-state index in [0.717, 1.165) is 26.9 Å². The van der Waals surface area contributed by atoms with Crippen molar-refractivity contribution in [2.75, 3.05) is 25.1 Å². The van der Waals surface area contributed by atoms with E-state index >= 15 is 0 Å². The molecule has 10 heteroatoms. The number of sulfonamides is 1. The number of anilines is 1. The first-order valence-corrected chi connectivity index (χ1v) is 14.4. The van der Waals surface area contributed by atoms with Gasteiger partial charge in [0.05, 0.1) is 31.0 Å². The Morgan fingerprint density at radius 1 is 0.902 bits per heavy atom. The fraction of sp³-hybridized carbons (Fsp3) is 0.226. The van der Waals surface area contributed by atoms with Gasteiger partial charge in [-0.3, -0.25) is 9.10 Å². The van der Waals surface area contributed by atoms with Crippen molar-refractivity contribution in [1.82, 2.24) is 9.99 Å². The average Bonchev–Trinajstić information content (AvgIpc) is 3.23. The van der Waals surface area contributed by atoms with E-state index in [9.17, 15) is 13.2 Å². The van der Waals surface area contributed by atoms with Crippen LogP contribution in [0.25, 0.3) is 5.69 Å². The molecule has 0 unspecified atom stereocenters. The minimum atomic E-state index is -4.10. The highest BCUT2D eigenvalue weighted by Crippen LogP contribution is 2.33. The van der Waals surface area contributed by atoms with Gasteiger partial charge in [0, 0.05) is 28.7 Å². The third-order valence-corrected chi connectivity index (χ3v) is 8.39. The number of amides is 1. The predicted octanol–water partition coefficient (Wildman–Crippen LogP) is 5.07. The van der Waals surface area contributed by atoms with E-state index in [-0.39, 0.29) is 10.6 Å². The van der Waals surface area contributed by atoms with E-state index in [2.05, 4.69) is 47.1 Å². The van der Waals surface area contributed by atoms with Gasteiger partial charge in [0.15, 0.2) is 11.5 Å². The summed E-state index contributed by atoms with van der Waals surface area (Å²) in [6.45, 7) is 7.61. The summed E-state index contributed by atoms with van der Waals surface area (Å²) in [6, 6.07) is 20.9. The molecule has 0 aliphatic heterocycles. The van der Waals surface area contributed by atoms with Crippen LogP contribution in [0.4, 0.5) is 5.69 Å².